The highest BCUT2D eigenvalue weighted by Gasteiger charge is 2.36. The van der Waals surface area contributed by atoms with Gasteiger partial charge in [-0.2, -0.15) is 8.42 Å². The van der Waals surface area contributed by atoms with Crippen molar-refractivity contribution < 1.29 is 36.5 Å². The highest BCUT2D eigenvalue weighted by atomic mass is 32.2. The Kier molecular flexibility index (Phi) is 7.21. The first-order valence-electron chi connectivity index (χ1n) is 9.33. The molecule has 0 unspecified atom stereocenters. The molecule has 2 aromatic rings. The quantitative estimate of drug-likeness (QED) is 0.321. The van der Waals surface area contributed by atoms with Gasteiger partial charge >= 0.3 is 16.1 Å². The zero-order chi connectivity index (χ0) is 23.3. The lowest BCUT2D eigenvalue weighted by Crippen LogP contribution is -2.34. The summed E-state index contributed by atoms with van der Waals surface area (Å²) < 4.78 is 39.7. The number of imide groups is 1. The van der Waals surface area contributed by atoms with Crippen LogP contribution in [0.25, 0.3) is 6.08 Å². The first kappa shape index (κ1) is 23.4. The lowest BCUT2D eigenvalue weighted by molar-refractivity contribution is -0.145. The number of rotatable bonds is 8. The zero-order valence-electron chi connectivity index (χ0n) is 17.1. The van der Waals surface area contributed by atoms with E-state index in [0.717, 1.165) is 4.90 Å². The summed E-state index contributed by atoms with van der Waals surface area (Å²) in [6, 6.07) is 11.7. The third-order valence-corrected chi connectivity index (χ3v) is 6.37. The highest BCUT2D eigenvalue weighted by Crippen LogP contribution is 2.32. The minimum atomic E-state index is -4.04. The van der Waals surface area contributed by atoms with E-state index in [0.29, 0.717) is 23.1 Å². The van der Waals surface area contributed by atoms with Crippen molar-refractivity contribution in [1.82, 2.24) is 4.90 Å². The van der Waals surface area contributed by atoms with Gasteiger partial charge in [0.25, 0.3) is 11.1 Å². The monoisotopic (exact) mass is 477 g/mol. The van der Waals surface area contributed by atoms with E-state index in [2.05, 4.69) is 0 Å². The van der Waals surface area contributed by atoms with E-state index in [1.165, 1.54) is 61.7 Å². The van der Waals surface area contributed by atoms with E-state index in [9.17, 15) is 22.8 Å². The number of esters is 1. The fourth-order valence-corrected chi connectivity index (χ4v) is 4.43. The predicted molar refractivity (Wildman–Crippen MR) is 117 cm³/mol. The maximum atomic E-state index is 12.4. The molecule has 0 saturated carbocycles. The molecule has 1 aliphatic heterocycles. The molecular weight excluding hydrogens is 458 g/mol. The van der Waals surface area contributed by atoms with Crippen molar-refractivity contribution >= 4 is 45.1 Å². The number of benzene rings is 2. The van der Waals surface area contributed by atoms with Crippen LogP contribution in [0.5, 0.6) is 11.5 Å². The second kappa shape index (κ2) is 9.88. The van der Waals surface area contributed by atoms with E-state index in [-0.39, 0.29) is 22.2 Å². The summed E-state index contributed by atoms with van der Waals surface area (Å²) in [5.74, 6) is -0.681. The topological polar surface area (TPSA) is 116 Å². The molecule has 2 amide bonds. The van der Waals surface area contributed by atoms with E-state index in [1.54, 1.807) is 6.92 Å². The first-order valence-corrected chi connectivity index (χ1v) is 11.6. The van der Waals surface area contributed by atoms with Crippen molar-refractivity contribution in [3.63, 3.8) is 0 Å². The van der Waals surface area contributed by atoms with E-state index >= 15 is 0 Å². The van der Waals surface area contributed by atoms with Crippen molar-refractivity contribution in [2.75, 3.05) is 20.3 Å². The molecular formula is C21H19NO8S2. The van der Waals surface area contributed by atoms with Crippen molar-refractivity contribution in [2.24, 2.45) is 0 Å². The van der Waals surface area contributed by atoms with E-state index < -0.39 is 33.8 Å². The normalized spacial score (nSPS) is 15.2. The summed E-state index contributed by atoms with van der Waals surface area (Å²) in [5, 5.41) is -0.570. The number of thioether (sulfide) groups is 1. The van der Waals surface area contributed by atoms with Crippen LogP contribution in [0.2, 0.25) is 0 Å². The average molecular weight is 478 g/mol. The summed E-state index contributed by atoms with van der Waals surface area (Å²) >= 11 is 0.705. The zero-order valence-corrected chi connectivity index (χ0v) is 18.8. The molecule has 2 aromatic carbocycles. The minimum absolute atomic E-state index is 0.0300. The van der Waals surface area contributed by atoms with E-state index in [4.69, 9.17) is 13.7 Å². The van der Waals surface area contributed by atoms with Gasteiger partial charge in [-0.3, -0.25) is 19.3 Å². The Bertz CT molecular complexity index is 1160. The number of carbonyl (C=O) groups is 3. The first-order chi connectivity index (χ1) is 15.2. The van der Waals surface area contributed by atoms with Gasteiger partial charge < -0.3 is 13.7 Å². The maximum Gasteiger partial charge on any atom is 0.339 e. The smallest absolute Gasteiger partial charge is 0.339 e. The number of hydrogen-bond donors (Lipinski definition) is 0. The summed E-state index contributed by atoms with van der Waals surface area (Å²) in [7, 11) is -2.56. The van der Waals surface area contributed by atoms with Crippen LogP contribution in [0, 0.1) is 0 Å². The van der Waals surface area contributed by atoms with Crippen LogP contribution in [-0.4, -0.2) is 50.7 Å². The summed E-state index contributed by atoms with van der Waals surface area (Å²) in [6.07, 6.45) is 1.47. The van der Waals surface area contributed by atoms with Gasteiger partial charge in [-0.1, -0.05) is 12.1 Å². The molecule has 1 aliphatic rings. The van der Waals surface area contributed by atoms with Gasteiger partial charge in [0, 0.05) is 0 Å². The molecule has 0 atom stereocenters. The van der Waals surface area contributed by atoms with Crippen LogP contribution in [-0.2, 0) is 24.4 Å². The van der Waals surface area contributed by atoms with Gasteiger partial charge in [-0.15, -0.1) is 0 Å². The molecule has 9 nitrogen and oxygen atoms in total. The molecule has 0 bridgehead atoms. The van der Waals surface area contributed by atoms with Gasteiger partial charge in [0.05, 0.1) is 18.6 Å². The molecule has 1 saturated heterocycles. The summed E-state index contributed by atoms with van der Waals surface area (Å²) in [5.41, 5.74) is 0.542. The molecule has 3 rings (SSSR count). The fraction of sp³-hybridized carbons (Fsp3) is 0.190. The Labute approximate surface area is 189 Å². The number of ether oxygens (including phenoxy) is 2. The number of amides is 2. The Hall–Kier alpha value is -3.31. The van der Waals surface area contributed by atoms with Crippen LogP contribution in [0.15, 0.2) is 58.3 Å². The lowest BCUT2D eigenvalue weighted by atomic mass is 10.2. The van der Waals surface area contributed by atoms with Crippen molar-refractivity contribution in [3.05, 3.63) is 59.0 Å². The Balaban J connectivity index is 1.70. The molecule has 0 spiro atoms. The molecule has 1 fully saturated rings. The fourth-order valence-electron chi connectivity index (χ4n) is 2.66. The molecule has 0 N–H and O–H groups in total. The van der Waals surface area contributed by atoms with Crippen LogP contribution in [0.3, 0.4) is 0 Å². The van der Waals surface area contributed by atoms with Crippen LogP contribution >= 0.6 is 11.8 Å². The molecule has 0 aromatic heterocycles. The third-order valence-electron chi connectivity index (χ3n) is 4.20. The van der Waals surface area contributed by atoms with Gasteiger partial charge in [-0.05, 0) is 66.7 Å². The summed E-state index contributed by atoms with van der Waals surface area (Å²) in [4.78, 5) is 36.9. The number of hydrogen-bond acceptors (Lipinski definition) is 9. The lowest BCUT2D eigenvalue weighted by Gasteiger charge is -2.10. The second-order valence-corrected chi connectivity index (χ2v) is 8.89. The van der Waals surface area contributed by atoms with Gasteiger partial charge in [0.15, 0.2) is 0 Å². The Morgan fingerprint density at radius 1 is 1.03 bits per heavy atom. The number of nitrogens with zero attached hydrogens (tertiary/aromatic N) is 1. The molecule has 168 valence electrons. The standard InChI is InChI=1S/C21H19NO8S2/c1-3-29-19(23)13-22-20(24)18(31-21(22)25)12-14-4-6-16(7-5-14)30-32(26,27)17-10-8-15(28-2)9-11-17/h4-12H,3,13H2,1-2H3/b18-12-. The molecule has 1 heterocycles. The van der Waals surface area contributed by atoms with Gasteiger partial charge in [0.2, 0.25) is 0 Å². The molecule has 0 aliphatic carbocycles. The molecule has 11 heteroatoms. The van der Waals surface area contributed by atoms with Crippen LogP contribution in [0.1, 0.15) is 12.5 Å². The highest BCUT2D eigenvalue weighted by molar-refractivity contribution is 8.18. The van der Waals surface area contributed by atoms with Crippen molar-refractivity contribution in [2.45, 2.75) is 11.8 Å². The maximum absolute atomic E-state index is 12.4. The molecule has 32 heavy (non-hydrogen) atoms. The predicted octanol–water partition coefficient (Wildman–Crippen LogP) is 3.06. The SMILES string of the molecule is CCOC(=O)CN1C(=O)S/C(=C\c2ccc(OS(=O)(=O)c3ccc(OC)cc3)cc2)C1=O. The van der Waals surface area contributed by atoms with Crippen LogP contribution < -0.4 is 8.92 Å². The number of methoxy groups -OCH3 is 1. The average Bonchev–Trinajstić information content (AvgIpc) is 3.02. The Morgan fingerprint density at radius 3 is 2.25 bits per heavy atom. The third kappa shape index (κ3) is 5.48. The van der Waals surface area contributed by atoms with Crippen molar-refractivity contribution in [3.8, 4) is 11.5 Å². The molecule has 0 radical (unpaired) electrons. The second-order valence-electron chi connectivity index (χ2n) is 6.35. The van der Waals surface area contributed by atoms with Gasteiger partial charge in [0.1, 0.15) is 22.9 Å². The van der Waals surface area contributed by atoms with Crippen LogP contribution in [0.4, 0.5) is 4.79 Å². The number of carbonyl (C=O) groups excluding carboxylic acids is 3. The Morgan fingerprint density at radius 2 is 1.66 bits per heavy atom. The van der Waals surface area contributed by atoms with Crippen molar-refractivity contribution in [1.29, 1.82) is 0 Å². The largest absolute Gasteiger partial charge is 0.497 e. The summed E-state index contributed by atoms with van der Waals surface area (Å²) in [6.45, 7) is 1.32. The van der Waals surface area contributed by atoms with E-state index in [1.807, 2.05) is 0 Å². The van der Waals surface area contributed by atoms with Gasteiger partial charge in [-0.25, -0.2) is 0 Å². The minimum Gasteiger partial charge on any atom is -0.497 e.